The standard InChI is InChI=1S/C14H11BrN2O4/c15-11-4-1-8(5-13(11)17(19)20)16-12-7-21-14-6-9(18)2-3-10(12)14/h1-6,12,16,18H,7H2. The lowest BCUT2D eigenvalue weighted by molar-refractivity contribution is -0.385. The Bertz CT molecular complexity index is 720. The van der Waals surface area contributed by atoms with Crippen LogP contribution in [0.25, 0.3) is 0 Å². The van der Waals surface area contributed by atoms with E-state index in [-0.39, 0.29) is 17.5 Å². The molecule has 6 nitrogen and oxygen atoms in total. The molecule has 1 atom stereocenters. The van der Waals surface area contributed by atoms with Crippen molar-refractivity contribution in [2.45, 2.75) is 6.04 Å². The molecule has 0 saturated heterocycles. The molecule has 7 heteroatoms. The van der Waals surface area contributed by atoms with Crippen LogP contribution in [0, 0.1) is 10.1 Å². The molecule has 21 heavy (non-hydrogen) atoms. The summed E-state index contributed by atoms with van der Waals surface area (Å²) in [6.07, 6.45) is 0. The fourth-order valence-corrected chi connectivity index (χ4v) is 2.65. The summed E-state index contributed by atoms with van der Waals surface area (Å²) in [5.74, 6) is 0.771. The molecule has 2 N–H and O–H groups in total. The Labute approximate surface area is 128 Å². The minimum absolute atomic E-state index is 0.00449. The third-order valence-electron chi connectivity index (χ3n) is 3.26. The van der Waals surface area contributed by atoms with Crippen molar-refractivity contribution in [1.82, 2.24) is 0 Å². The lowest BCUT2D eigenvalue weighted by Crippen LogP contribution is -2.12. The number of halogens is 1. The number of phenols is 1. The van der Waals surface area contributed by atoms with Crippen LogP contribution in [0.4, 0.5) is 11.4 Å². The molecule has 0 amide bonds. The minimum atomic E-state index is -0.438. The van der Waals surface area contributed by atoms with Gasteiger partial charge in [0.15, 0.2) is 0 Å². The fourth-order valence-electron chi connectivity index (χ4n) is 2.26. The summed E-state index contributed by atoms with van der Waals surface area (Å²) >= 11 is 3.16. The molecule has 0 aliphatic carbocycles. The van der Waals surface area contributed by atoms with Crippen molar-refractivity contribution in [3.05, 3.63) is 56.5 Å². The van der Waals surface area contributed by atoms with E-state index in [2.05, 4.69) is 21.2 Å². The molecular weight excluding hydrogens is 340 g/mol. The molecule has 1 heterocycles. The van der Waals surface area contributed by atoms with Crippen LogP contribution in [0.15, 0.2) is 40.9 Å². The van der Waals surface area contributed by atoms with Crippen molar-refractivity contribution >= 4 is 27.3 Å². The lowest BCUT2D eigenvalue weighted by Gasteiger charge is -2.13. The number of aromatic hydroxyl groups is 1. The second-order valence-electron chi connectivity index (χ2n) is 4.65. The Morgan fingerprint density at radius 3 is 2.90 bits per heavy atom. The van der Waals surface area contributed by atoms with E-state index in [0.29, 0.717) is 22.5 Å². The predicted octanol–water partition coefficient (Wildman–Crippen LogP) is 3.61. The number of hydrogen-bond acceptors (Lipinski definition) is 5. The number of nitrogens with zero attached hydrogens (tertiary/aromatic N) is 1. The van der Waals surface area contributed by atoms with Gasteiger partial charge >= 0.3 is 0 Å². The van der Waals surface area contributed by atoms with Gasteiger partial charge in [-0.25, -0.2) is 0 Å². The van der Waals surface area contributed by atoms with Gasteiger partial charge in [-0.3, -0.25) is 10.1 Å². The van der Waals surface area contributed by atoms with Gasteiger partial charge in [0, 0.05) is 23.4 Å². The first kappa shape index (κ1) is 13.7. The number of nitro groups is 1. The molecule has 0 aromatic heterocycles. The predicted molar refractivity (Wildman–Crippen MR) is 80.8 cm³/mol. The Morgan fingerprint density at radius 2 is 2.14 bits per heavy atom. The highest BCUT2D eigenvalue weighted by molar-refractivity contribution is 9.10. The maximum Gasteiger partial charge on any atom is 0.285 e. The van der Waals surface area contributed by atoms with E-state index >= 15 is 0 Å². The van der Waals surface area contributed by atoms with Crippen molar-refractivity contribution in [3.8, 4) is 11.5 Å². The lowest BCUT2D eigenvalue weighted by atomic mass is 10.1. The molecule has 0 radical (unpaired) electrons. The second-order valence-corrected chi connectivity index (χ2v) is 5.51. The number of anilines is 1. The van der Waals surface area contributed by atoms with Crippen LogP contribution in [0.1, 0.15) is 11.6 Å². The zero-order valence-corrected chi connectivity index (χ0v) is 12.3. The fraction of sp³-hybridized carbons (Fsp3) is 0.143. The Kier molecular flexibility index (Phi) is 3.42. The molecule has 2 aromatic rings. The average Bonchev–Trinajstić information content (AvgIpc) is 2.83. The van der Waals surface area contributed by atoms with Gasteiger partial charge in [-0.15, -0.1) is 0 Å². The highest BCUT2D eigenvalue weighted by atomic mass is 79.9. The van der Waals surface area contributed by atoms with E-state index in [4.69, 9.17) is 4.74 Å². The van der Waals surface area contributed by atoms with Gasteiger partial charge < -0.3 is 15.2 Å². The van der Waals surface area contributed by atoms with Crippen LogP contribution in [-0.4, -0.2) is 16.6 Å². The van der Waals surface area contributed by atoms with E-state index in [0.717, 1.165) is 5.56 Å². The van der Waals surface area contributed by atoms with Gasteiger partial charge in [-0.2, -0.15) is 0 Å². The van der Waals surface area contributed by atoms with Crippen LogP contribution < -0.4 is 10.1 Å². The van der Waals surface area contributed by atoms with E-state index in [9.17, 15) is 15.2 Å². The molecule has 2 aromatic carbocycles. The molecule has 3 rings (SSSR count). The van der Waals surface area contributed by atoms with Crippen LogP contribution in [0.3, 0.4) is 0 Å². The zero-order valence-electron chi connectivity index (χ0n) is 10.7. The Hall–Kier alpha value is -2.28. The summed E-state index contributed by atoms with van der Waals surface area (Å²) in [7, 11) is 0. The summed E-state index contributed by atoms with van der Waals surface area (Å²) in [5, 5.41) is 23.6. The first-order chi connectivity index (χ1) is 10.0. The van der Waals surface area contributed by atoms with Crippen LogP contribution in [0.2, 0.25) is 0 Å². The highest BCUT2D eigenvalue weighted by Crippen LogP contribution is 2.37. The summed E-state index contributed by atoms with van der Waals surface area (Å²) < 4.78 is 5.94. The number of fused-ring (bicyclic) bond motifs is 1. The third kappa shape index (κ3) is 2.64. The molecular formula is C14H11BrN2O4. The van der Waals surface area contributed by atoms with E-state index < -0.39 is 4.92 Å². The van der Waals surface area contributed by atoms with Crippen molar-refractivity contribution in [2.24, 2.45) is 0 Å². The van der Waals surface area contributed by atoms with Gasteiger partial charge in [0.2, 0.25) is 0 Å². The number of phenolic OH excluding ortho intramolecular Hbond substituents is 1. The largest absolute Gasteiger partial charge is 0.508 e. The van der Waals surface area contributed by atoms with Gasteiger partial charge in [-0.1, -0.05) is 0 Å². The minimum Gasteiger partial charge on any atom is -0.508 e. The molecule has 108 valence electrons. The van der Waals surface area contributed by atoms with Gasteiger partial charge in [-0.05, 0) is 40.2 Å². The molecule has 0 bridgehead atoms. The van der Waals surface area contributed by atoms with Crippen molar-refractivity contribution in [1.29, 1.82) is 0 Å². The number of nitro benzene ring substituents is 1. The molecule has 1 unspecified atom stereocenters. The molecule has 0 fully saturated rings. The molecule has 0 spiro atoms. The first-order valence-corrected chi connectivity index (χ1v) is 7.00. The van der Waals surface area contributed by atoms with E-state index in [1.54, 1.807) is 30.3 Å². The second kappa shape index (κ2) is 5.25. The summed E-state index contributed by atoms with van der Waals surface area (Å²) in [5.41, 5.74) is 1.56. The number of ether oxygens (including phenoxy) is 1. The van der Waals surface area contributed by atoms with E-state index in [1.807, 2.05) is 0 Å². The van der Waals surface area contributed by atoms with Crippen molar-refractivity contribution in [3.63, 3.8) is 0 Å². The topological polar surface area (TPSA) is 84.6 Å². The number of nitrogens with one attached hydrogen (secondary N) is 1. The first-order valence-electron chi connectivity index (χ1n) is 6.21. The van der Waals surface area contributed by atoms with Crippen molar-refractivity contribution < 1.29 is 14.8 Å². The number of rotatable bonds is 3. The smallest absolute Gasteiger partial charge is 0.285 e. The molecule has 0 saturated carbocycles. The normalized spacial score (nSPS) is 16.1. The number of hydrogen-bond donors (Lipinski definition) is 2. The van der Waals surface area contributed by atoms with Crippen LogP contribution >= 0.6 is 15.9 Å². The summed E-state index contributed by atoms with van der Waals surface area (Å²) in [6.45, 7) is 0.405. The highest BCUT2D eigenvalue weighted by Gasteiger charge is 2.25. The number of benzene rings is 2. The van der Waals surface area contributed by atoms with E-state index in [1.165, 1.54) is 6.07 Å². The maximum absolute atomic E-state index is 10.9. The Morgan fingerprint density at radius 1 is 1.33 bits per heavy atom. The SMILES string of the molecule is O=[N+]([O-])c1cc(NC2COc3cc(O)ccc32)ccc1Br. The van der Waals surface area contributed by atoms with Gasteiger partial charge in [0.1, 0.15) is 18.1 Å². The average molecular weight is 351 g/mol. The third-order valence-corrected chi connectivity index (χ3v) is 3.93. The zero-order chi connectivity index (χ0) is 15.0. The maximum atomic E-state index is 10.9. The van der Waals surface area contributed by atoms with Crippen LogP contribution in [0.5, 0.6) is 11.5 Å². The van der Waals surface area contributed by atoms with Crippen LogP contribution in [-0.2, 0) is 0 Å². The van der Waals surface area contributed by atoms with Gasteiger partial charge in [0.25, 0.3) is 5.69 Å². The summed E-state index contributed by atoms with van der Waals surface area (Å²) in [4.78, 5) is 10.5. The molecule has 1 aliphatic heterocycles. The van der Waals surface area contributed by atoms with Crippen molar-refractivity contribution in [2.75, 3.05) is 11.9 Å². The van der Waals surface area contributed by atoms with Gasteiger partial charge in [0.05, 0.1) is 15.4 Å². The molecule has 1 aliphatic rings. The quantitative estimate of drug-likeness (QED) is 0.652. The Balaban J connectivity index is 1.86. The monoisotopic (exact) mass is 350 g/mol. The summed E-state index contributed by atoms with van der Waals surface area (Å²) in [6, 6.07) is 9.68.